The highest BCUT2D eigenvalue weighted by atomic mass is 79.9. The first-order valence-corrected chi connectivity index (χ1v) is 9.71. The molecule has 0 heterocycles. The molecule has 0 aromatic heterocycles. The Morgan fingerprint density at radius 2 is 1.90 bits per heavy atom. The van der Waals surface area contributed by atoms with E-state index in [1.54, 1.807) is 30.3 Å². The molecule has 0 aliphatic carbocycles. The molecule has 0 saturated heterocycles. The normalized spacial score (nSPS) is 12.0. The number of para-hydroxylation sites is 1. The predicted octanol–water partition coefficient (Wildman–Crippen LogP) is 5.33. The Hall–Kier alpha value is -2.29. The van der Waals surface area contributed by atoms with Gasteiger partial charge in [-0.15, -0.1) is 0 Å². The van der Waals surface area contributed by atoms with Crippen LogP contribution in [0.15, 0.2) is 46.5 Å². The number of alkyl halides is 2. The summed E-state index contributed by atoms with van der Waals surface area (Å²) in [6.07, 6.45) is -2.49. The second-order valence-corrected chi connectivity index (χ2v) is 7.29. The number of carboxylic acids is 1. The van der Waals surface area contributed by atoms with Gasteiger partial charge in [0.25, 0.3) is 6.43 Å². The highest BCUT2D eigenvalue weighted by Gasteiger charge is 2.24. The summed E-state index contributed by atoms with van der Waals surface area (Å²) >= 11 is 3.31. The largest absolute Gasteiger partial charge is 0.478 e. The molecule has 0 bridgehead atoms. The van der Waals surface area contributed by atoms with Gasteiger partial charge in [-0.1, -0.05) is 41.1 Å². The Balaban J connectivity index is 2.56. The van der Waals surface area contributed by atoms with E-state index in [-0.39, 0.29) is 39.9 Å². The van der Waals surface area contributed by atoms with Crippen molar-refractivity contribution in [2.24, 2.45) is 0 Å². The Morgan fingerprint density at radius 3 is 2.45 bits per heavy atom. The zero-order chi connectivity index (χ0) is 21.7. The lowest BCUT2D eigenvalue weighted by Crippen LogP contribution is -2.13. The van der Waals surface area contributed by atoms with E-state index in [1.807, 2.05) is 6.92 Å². The fourth-order valence-corrected chi connectivity index (χ4v) is 3.67. The summed E-state index contributed by atoms with van der Waals surface area (Å²) in [6.45, 7) is 3.32. The molecule has 29 heavy (non-hydrogen) atoms. The van der Waals surface area contributed by atoms with Crippen LogP contribution in [-0.4, -0.2) is 27.6 Å². The molecule has 2 rings (SSSR count). The number of hydrogen-bond acceptors (Lipinski definition) is 4. The Kier molecular flexibility index (Phi) is 7.89. The molecule has 0 aliphatic heterocycles. The molecular weight excluding hydrogens is 448 g/mol. The van der Waals surface area contributed by atoms with Gasteiger partial charge in [0.2, 0.25) is 0 Å². The van der Waals surface area contributed by atoms with Gasteiger partial charge in [-0.3, -0.25) is 0 Å². The Bertz CT molecular complexity index is 929. The van der Waals surface area contributed by atoms with Crippen molar-refractivity contribution in [3.63, 3.8) is 0 Å². The van der Waals surface area contributed by atoms with Crippen LogP contribution in [0.2, 0.25) is 0 Å². The number of aliphatic hydroxyl groups is 2. The van der Waals surface area contributed by atoms with Gasteiger partial charge in [0, 0.05) is 15.7 Å². The fourth-order valence-electron chi connectivity index (χ4n) is 3.09. The third-order valence-corrected chi connectivity index (χ3v) is 5.22. The first-order chi connectivity index (χ1) is 13.7. The van der Waals surface area contributed by atoms with Crippen LogP contribution in [0.25, 0.3) is 0 Å². The molecule has 2 aromatic rings. The second kappa shape index (κ2) is 9.96. The van der Waals surface area contributed by atoms with Crippen molar-refractivity contribution in [2.75, 3.05) is 5.32 Å². The molecule has 2 aromatic carbocycles. The number of aliphatic hydroxyl groups excluding tert-OH is 1. The lowest BCUT2D eigenvalue weighted by molar-refractivity contribution is -0.00975. The van der Waals surface area contributed by atoms with Gasteiger partial charge >= 0.3 is 5.97 Å². The average molecular weight is 470 g/mol. The van der Waals surface area contributed by atoms with Crippen molar-refractivity contribution >= 4 is 33.3 Å². The van der Waals surface area contributed by atoms with Crippen LogP contribution >= 0.6 is 15.9 Å². The molecule has 4 N–H and O–H groups in total. The predicted molar refractivity (Wildman–Crippen MR) is 111 cm³/mol. The number of halogens is 3. The molecule has 0 amide bonds. The van der Waals surface area contributed by atoms with E-state index in [2.05, 4.69) is 21.2 Å². The minimum atomic E-state index is -2.81. The third-order valence-electron chi connectivity index (χ3n) is 4.52. The summed E-state index contributed by atoms with van der Waals surface area (Å²) in [5, 5.41) is 31.3. The zero-order valence-corrected chi connectivity index (χ0v) is 17.5. The fraction of sp³-hybridized carbons (Fsp3) is 0.286. The highest BCUT2D eigenvalue weighted by molar-refractivity contribution is 9.10. The molecule has 0 unspecified atom stereocenters. The number of carbonyl (C=O) groups is 1. The van der Waals surface area contributed by atoms with Crippen LogP contribution in [0.4, 0.5) is 20.2 Å². The van der Waals surface area contributed by atoms with E-state index in [1.165, 1.54) is 13.0 Å². The number of nitrogens with one attached hydrogen (secondary N) is 1. The second-order valence-electron chi connectivity index (χ2n) is 6.44. The van der Waals surface area contributed by atoms with Crippen LogP contribution in [0.1, 0.15) is 46.8 Å². The smallest absolute Gasteiger partial charge is 0.337 e. The number of allylic oxidation sites excluding steroid dienone is 1. The SMILES string of the molecule is CCC=C(Cc1c(Br)cc(Nc2ccccc2C(=O)O)c(C)c1C(F)F)C(O)O. The maximum absolute atomic E-state index is 13.9. The van der Waals surface area contributed by atoms with Crippen molar-refractivity contribution in [1.29, 1.82) is 0 Å². The first kappa shape index (κ1) is 23.0. The summed E-state index contributed by atoms with van der Waals surface area (Å²) in [5.74, 6) is -1.14. The van der Waals surface area contributed by atoms with E-state index in [9.17, 15) is 28.9 Å². The van der Waals surface area contributed by atoms with Gasteiger partial charge in [0.15, 0.2) is 6.29 Å². The topological polar surface area (TPSA) is 89.8 Å². The Morgan fingerprint density at radius 1 is 1.24 bits per heavy atom. The van der Waals surface area contributed by atoms with Crippen LogP contribution in [0.3, 0.4) is 0 Å². The van der Waals surface area contributed by atoms with Crippen molar-refractivity contribution in [2.45, 2.75) is 39.4 Å². The minimum absolute atomic E-state index is 0.0160. The third kappa shape index (κ3) is 5.41. The summed E-state index contributed by atoms with van der Waals surface area (Å²) in [7, 11) is 0. The molecule has 0 fully saturated rings. The van der Waals surface area contributed by atoms with Crippen LogP contribution in [-0.2, 0) is 6.42 Å². The van der Waals surface area contributed by atoms with Gasteiger partial charge in [-0.2, -0.15) is 0 Å². The first-order valence-electron chi connectivity index (χ1n) is 8.91. The molecule has 5 nitrogen and oxygen atoms in total. The van der Waals surface area contributed by atoms with Crippen molar-refractivity contribution in [1.82, 2.24) is 0 Å². The Labute approximate surface area is 175 Å². The van der Waals surface area contributed by atoms with Gasteiger partial charge in [0.1, 0.15) is 0 Å². The number of carboxylic acid groups (broad SMARTS) is 1. The molecule has 8 heteroatoms. The van der Waals surface area contributed by atoms with Crippen LogP contribution < -0.4 is 5.32 Å². The molecule has 0 saturated carbocycles. The summed E-state index contributed by atoms with van der Waals surface area (Å²) in [5.41, 5.74) is 1.12. The summed E-state index contributed by atoms with van der Waals surface area (Å²) in [6, 6.07) is 7.78. The highest BCUT2D eigenvalue weighted by Crippen LogP contribution is 2.39. The van der Waals surface area contributed by atoms with Gasteiger partial charge in [-0.05, 0) is 54.7 Å². The molecule has 0 atom stereocenters. The molecule has 0 radical (unpaired) electrons. The lowest BCUT2D eigenvalue weighted by atomic mass is 9.94. The number of benzene rings is 2. The summed E-state index contributed by atoms with van der Waals surface area (Å²) in [4.78, 5) is 11.4. The quantitative estimate of drug-likeness (QED) is 0.310. The zero-order valence-electron chi connectivity index (χ0n) is 15.9. The average Bonchev–Trinajstić information content (AvgIpc) is 2.65. The van der Waals surface area contributed by atoms with Gasteiger partial charge in [-0.25, -0.2) is 13.6 Å². The van der Waals surface area contributed by atoms with E-state index in [0.717, 1.165) is 0 Å². The van der Waals surface area contributed by atoms with E-state index >= 15 is 0 Å². The molecule has 0 spiro atoms. The van der Waals surface area contributed by atoms with Crippen LogP contribution in [0, 0.1) is 6.92 Å². The summed E-state index contributed by atoms with van der Waals surface area (Å²) < 4.78 is 28.2. The van der Waals surface area contributed by atoms with Crippen LogP contribution in [0.5, 0.6) is 0 Å². The van der Waals surface area contributed by atoms with Crippen molar-refractivity contribution in [3.8, 4) is 0 Å². The lowest BCUT2D eigenvalue weighted by Gasteiger charge is -2.21. The van der Waals surface area contributed by atoms with Gasteiger partial charge in [0.05, 0.1) is 11.3 Å². The van der Waals surface area contributed by atoms with E-state index in [4.69, 9.17) is 0 Å². The van der Waals surface area contributed by atoms with Gasteiger partial charge < -0.3 is 20.6 Å². The van der Waals surface area contributed by atoms with Crippen molar-refractivity contribution < 1.29 is 28.9 Å². The number of rotatable bonds is 8. The maximum Gasteiger partial charge on any atom is 0.337 e. The molecular formula is C21H22BrF2NO4. The monoisotopic (exact) mass is 469 g/mol. The number of hydrogen-bond donors (Lipinski definition) is 4. The number of anilines is 2. The van der Waals surface area contributed by atoms with E-state index in [0.29, 0.717) is 16.6 Å². The standard InChI is InChI=1S/C21H22BrF2NO4/c1-3-6-12(20(26)27)9-14-15(22)10-17(11(2)18(14)19(23)24)25-16-8-5-4-7-13(16)21(28)29/h4-8,10,19-20,25-27H,3,9H2,1-2H3,(H,28,29). The maximum atomic E-state index is 13.9. The van der Waals surface area contributed by atoms with Crippen molar-refractivity contribution in [3.05, 3.63) is 68.7 Å². The molecule has 0 aliphatic rings. The minimum Gasteiger partial charge on any atom is -0.478 e. The number of aromatic carboxylic acids is 1. The molecule has 156 valence electrons. The van der Waals surface area contributed by atoms with E-state index < -0.39 is 18.7 Å².